The Morgan fingerprint density at radius 2 is 1.25 bits per heavy atom. The van der Waals surface area contributed by atoms with E-state index in [1.807, 2.05) is 32.2 Å². The van der Waals surface area contributed by atoms with Crippen LogP contribution >= 0.6 is 29.4 Å². The molecule has 4 heteroatoms. The molecule has 0 saturated heterocycles. The van der Waals surface area contributed by atoms with E-state index >= 15 is 0 Å². The Bertz CT molecular complexity index is 582. The summed E-state index contributed by atoms with van der Waals surface area (Å²) in [5, 5.41) is 2.65. The van der Waals surface area contributed by atoms with Gasteiger partial charge in [0.05, 0.1) is 0 Å². The van der Waals surface area contributed by atoms with Crippen LogP contribution in [0.3, 0.4) is 0 Å². The third-order valence-electron chi connectivity index (χ3n) is 4.52. The van der Waals surface area contributed by atoms with Crippen LogP contribution in [-0.2, 0) is 6.42 Å². The van der Waals surface area contributed by atoms with Gasteiger partial charge < -0.3 is 4.90 Å². The van der Waals surface area contributed by atoms with Gasteiger partial charge >= 0.3 is 0 Å². The van der Waals surface area contributed by atoms with E-state index in [9.17, 15) is 0 Å². The predicted octanol–water partition coefficient (Wildman–Crippen LogP) is 7.88. The molecule has 0 radical (unpaired) electrons. The first kappa shape index (κ1) is 29.6. The summed E-state index contributed by atoms with van der Waals surface area (Å²) >= 11 is 0. The Morgan fingerprint density at radius 3 is 1.82 bits per heavy atom. The summed E-state index contributed by atoms with van der Waals surface area (Å²) in [6.07, 6.45) is 17.0. The van der Waals surface area contributed by atoms with Crippen LogP contribution in [0.1, 0.15) is 76.8 Å². The molecule has 0 aliphatic rings. The van der Waals surface area contributed by atoms with Crippen molar-refractivity contribution < 1.29 is 0 Å². The monoisotopic (exact) mass is 472 g/mol. The summed E-state index contributed by atoms with van der Waals surface area (Å²) in [5.41, 5.74) is 1.28. The Hall–Kier alpha value is -0.640. The van der Waals surface area contributed by atoms with Crippen molar-refractivity contribution in [1.29, 1.82) is 0 Å². The van der Waals surface area contributed by atoms with Crippen molar-refractivity contribution in [3.8, 4) is 0 Å². The van der Waals surface area contributed by atoms with Gasteiger partial charge in [0.15, 0.2) is 0 Å². The van der Waals surface area contributed by atoms with Gasteiger partial charge in [0.2, 0.25) is 0 Å². The molecule has 0 spiro atoms. The highest BCUT2D eigenvalue weighted by molar-refractivity contribution is 8.93. The van der Waals surface area contributed by atoms with Crippen molar-refractivity contribution in [3.05, 3.63) is 42.2 Å². The first-order valence-corrected chi connectivity index (χ1v) is 10.6. The van der Waals surface area contributed by atoms with E-state index < -0.39 is 0 Å². The highest BCUT2D eigenvalue weighted by Gasteiger charge is 2.01. The maximum atomic E-state index is 4.58. The van der Waals surface area contributed by atoms with Crippen LogP contribution in [0, 0.1) is 0 Å². The quantitative estimate of drug-likeness (QED) is 0.308. The maximum Gasteiger partial charge on any atom is 0.0481 e. The van der Waals surface area contributed by atoms with Crippen molar-refractivity contribution in [2.45, 2.75) is 77.6 Å². The average Bonchev–Trinajstić information content (AvgIpc) is 2.63. The minimum absolute atomic E-state index is 0. The number of hydrogen-bond acceptors (Lipinski definition) is 2. The molecule has 0 aliphatic heterocycles. The molecule has 0 fully saturated rings. The standard InChI is InChI=1S/C21H31N.C3H9N.BrH.ClH/c1-2-3-4-5-6-7-8-9-10-11-16-21-20-15-13-12-14-19(20)17-18-22-21;1-4(2)3;;/h12-15,17-18H,2-11,16H2,1H3;1-3H3;2*1H. The van der Waals surface area contributed by atoms with E-state index in [0.717, 1.165) is 6.42 Å². The molecule has 0 saturated carbocycles. The van der Waals surface area contributed by atoms with Gasteiger partial charge in [-0.1, -0.05) is 89.0 Å². The number of benzene rings is 1. The predicted molar refractivity (Wildman–Crippen MR) is 134 cm³/mol. The van der Waals surface area contributed by atoms with E-state index in [0.29, 0.717) is 0 Å². The number of pyridine rings is 1. The van der Waals surface area contributed by atoms with Gasteiger partial charge in [0.25, 0.3) is 0 Å². The minimum Gasteiger partial charge on any atom is -0.312 e. The number of rotatable bonds is 11. The second-order valence-electron chi connectivity index (χ2n) is 7.75. The lowest BCUT2D eigenvalue weighted by atomic mass is 10.0. The maximum absolute atomic E-state index is 4.58. The van der Waals surface area contributed by atoms with Crippen LogP contribution in [0.2, 0.25) is 0 Å². The number of aromatic nitrogens is 1. The lowest BCUT2D eigenvalue weighted by Gasteiger charge is -2.05. The molecule has 2 nitrogen and oxygen atoms in total. The molecule has 0 N–H and O–H groups in total. The Balaban J connectivity index is 0. The van der Waals surface area contributed by atoms with Gasteiger partial charge in [0, 0.05) is 17.3 Å². The molecule has 162 valence electrons. The van der Waals surface area contributed by atoms with E-state index in [2.05, 4.69) is 42.2 Å². The van der Waals surface area contributed by atoms with Crippen LogP contribution in [-0.4, -0.2) is 31.0 Å². The van der Waals surface area contributed by atoms with Crippen LogP contribution in [0.4, 0.5) is 0 Å². The third-order valence-corrected chi connectivity index (χ3v) is 4.52. The van der Waals surface area contributed by atoms with Gasteiger partial charge in [-0.05, 0) is 45.4 Å². The van der Waals surface area contributed by atoms with Crippen molar-refractivity contribution in [2.75, 3.05) is 21.1 Å². The average molecular weight is 474 g/mol. The van der Waals surface area contributed by atoms with Crippen LogP contribution in [0.25, 0.3) is 10.8 Å². The smallest absolute Gasteiger partial charge is 0.0481 e. The van der Waals surface area contributed by atoms with E-state index in [-0.39, 0.29) is 29.4 Å². The van der Waals surface area contributed by atoms with Crippen LogP contribution in [0.15, 0.2) is 36.5 Å². The number of hydrogen-bond donors (Lipinski definition) is 0. The molecule has 0 atom stereocenters. The molecular formula is C24H42BrClN2. The molecule has 2 aromatic rings. The first-order chi connectivity index (χ1) is 12.6. The molecule has 0 bridgehead atoms. The second-order valence-corrected chi connectivity index (χ2v) is 7.75. The van der Waals surface area contributed by atoms with Crippen LogP contribution in [0.5, 0.6) is 0 Å². The molecule has 1 aromatic carbocycles. The van der Waals surface area contributed by atoms with Gasteiger partial charge in [-0.25, -0.2) is 0 Å². The Labute approximate surface area is 190 Å². The Kier molecular flexibility index (Phi) is 20.8. The molecule has 1 aromatic heterocycles. The van der Waals surface area contributed by atoms with Crippen molar-refractivity contribution in [1.82, 2.24) is 9.88 Å². The van der Waals surface area contributed by atoms with E-state index in [1.54, 1.807) is 0 Å². The molecule has 2 rings (SSSR count). The molecular weight excluding hydrogens is 432 g/mol. The van der Waals surface area contributed by atoms with Gasteiger partial charge in [0.1, 0.15) is 0 Å². The number of fused-ring (bicyclic) bond motifs is 1. The fraction of sp³-hybridized carbons (Fsp3) is 0.625. The summed E-state index contributed by atoms with van der Waals surface area (Å²) in [6.45, 7) is 2.28. The molecule has 0 aliphatic carbocycles. The van der Waals surface area contributed by atoms with Gasteiger partial charge in [-0.3, -0.25) is 4.98 Å². The lowest BCUT2D eigenvalue weighted by molar-refractivity contribution is 0.505. The van der Waals surface area contributed by atoms with E-state index in [4.69, 9.17) is 0 Å². The second kappa shape index (κ2) is 19.7. The normalized spacial score (nSPS) is 10.0. The molecule has 1 heterocycles. The fourth-order valence-electron chi connectivity index (χ4n) is 3.16. The SMILES string of the molecule is Br.CCCCCCCCCCCCc1nccc2ccccc12.CN(C)C.Cl. The third kappa shape index (κ3) is 14.4. The Morgan fingerprint density at radius 1 is 0.750 bits per heavy atom. The number of aryl methyl sites for hydroxylation is 1. The molecule has 0 unspecified atom stereocenters. The highest BCUT2D eigenvalue weighted by Crippen LogP contribution is 2.18. The van der Waals surface area contributed by atoms with E-state index in [1.165, 1.54) is 80.7 Å². The topological polar surface area (TPSA) is 16.1 Å². The zero-order valence-electron chi connectivity index (χ0n) is 18.5. The minimum atomic E-state index is 0. The molecule has 0 amide bonds. The van der Waals surface area contributed by atoms with Crippen molar-refractivity contribution in [2.24, 2.45) is 0 Å². The van der Waals surface area contributed by atoms with Crippen molar-refractivity contribution in [3.63, 3.8) is 0 Å². The van der Waals surface area contributed by atoms with Gasteiger partial charge in [-0.15, -0.1) is 29.4 Å². The summed E-state index contributed by atoms with van der Waals surface area (Å²) < 4.78 is 0. The first-order valence-electron chi connectivity index (χ1n) is 10.6. The highest BCUT2D eigenvalue weighted by atomic mass is 79.9. The largest absolute Gasteiger partial charge is 0.312 e. The molecule has 28 heavy (non-hydrogen) atoms. The zero-order chi connectivity index (χ0) is 19.0. The summed E-state index contributed by atoms with van der Waals surface area (Å²) in [5.74, 6) is 0. The number of nitrogens with zero attached hydrogens (tertiary/aromatic N) is 2. The van der Waals surface area contributed by atoms with Crippen LogP contribution < -0.4 is 0 Å². The van der Waals surface area contributed by atoms with Crippen molar-refractivity contribution >= 4 is 40.2 Å². The number of halogens is 2. The number of unbranched alkanes of at least 4 members (excludes halogenated alkanes) is 9. The summed E-state index contributed by atoms with van der Waals surface area (Å²) in [6, 6.07) is 10.7. The fourth-order valence-corrected chi connectivity index (χ4v) is 3.16. The lowest BCUT2D eigenvalue weighted by Crippen LogP contribution is -1.99. The van der Waals surface area contributed by atoms with Gasteiger partial charge in [-0.2, -0.15) is 0 Å². The summed E-state index contributed by atoms with van der Waals surface area (Å²) in [4.78, 5) is 6.58. The summed E-state index contributed by atoms with van der Waals surface area (Å²) in [7, 11) is 6.00. The zero-order valence-corrected chi connectivity index (χ0v) is 21.0.